The van der Waals surface area contributed by atoms with Crippen molar-refractivity contribution in [2.24, 2.45) is 0 Å². The largest absolute Gasteiger partial charge is 0.493 e. The van der Waals surface area contributed by atoms with Crippen molar-refractivity contribution in [3.8, 4) is 17.2 Å². The van der Waals surface area contributed by atoms with E-state index in [1.165, 1.54) is 12.8 Å². The third kappa shape index (κ3) is 6.92. The average Bonchev–Trinajstić information content (AvgIpc) is 3.72. The predicted octanol–water partition coefficient (Wildman–Crippen LogP) is 8.63. The number of carbonyl (C=O) groups excluding carboxylic acids is 1. The fourth-order valence-corrected chi connectivity index (χ4v) is 6.47. The van der Waals surface area contributed by atoms with Gasteiger partial charge in [0.25, 0.3) is 0 Å². The molecule has 0 spiro atoms. The van der Waals surface area contributed by atoms with Gasteiger partial charge in [0.1, 0.15) is 21.5 Å². The first-order valence-electron chi connectivity index (χ1n) is 15.6. The number of para-hydroxylation sites is 1. The highest BCUT2D eigenvalue weighted by Crippen LogP contribution is 2.42. The smallest absolute Gasteiger partial charge is 0.226 e. The highest BCUT2D eigenvalue weighted by Gasteiger charge is 2.29. The van der Waals surface area contributed by atoms with Crippen LogP contribution in [0.5, 0.6) is 5.75 Å². The van der Waals surface area contributed by atoms with Crippen LogP contribution in [0.2, 0.25) is 0 Å². The monoisotopic (exact) mass is 626 g/mol. The second-order valence-corrected chi connectivity index (χ2v) is 12.6. The van der Waals surface area contributed by atoms with Gasteiger partial charge >= 0.3 is 0 Å². The highest BCUT2D eigenvalue weighted by atomic mass is 32.1. The van der Waals surface area contributed by atoms with Crippen LogP contribution < -0.4 is 10.1 Å². The van der Waals surface area contributed by atoms with E-state index >= 15 is 0 Å². The molecular weight excluding hydrogens is 593 g/mol. The molecule has 2 aromatic heterocycles. The molecule has 0 saturated heterocycles. The van der Waals surface area contributed by atoms with Crippen LogP contribution in [0.25, 0.3) is 11.5 Å². The molecule has 7 rings (SSSR count). The highest BCUT2D eigenvalue weighted by molar-refractivity contribution is 7.11. The van der Waals surface area contributed by atoms with E-state index in [1.54, 1.807) is 11.3 Å². The number of aryl methyl sites for hydroxylation is 1. The van der Waals surface area contributed by atoms with Crippen molar-refractivity contribution < 1.29 is 13.9 Å². The first kappa shape index (κ1) is 29.6. The lowest BCUT2D eigenvalue weighted by Crippen LogP contribution is -2.16. The van der Waals surface area contributed by atoms with Gasteiger partial charge in [-0.3, -0.25) is 4.79 Å². The zero-order valence-corrected chi connectivity index (χ0v) is 26.4. The molecule has 1 saturated carbocycles. The molecule has 1 N–H and O–H groups in total. The van der Waals surface area contributed by atoms with Crippen LogP contribution in [-0.2, 0) is 12.8 Å². The maximum absolute atomic E-state index is 13.5. The Morgan fingerprint density at radius 1 is 0.913 bits per heavy atom. The minimum absolute atomic E-state index is 0.0167. The number of nitrogens with one attached hydrogen (secondary N) is 1. The summed E-state index contributed by atoms with van der Waals surface area (Å²) >= 11 is 1.67. The van der Waals surface area contributed by atoms with E-state index in [0.717, 1.165) is 44.0 Å². The molecule has 0 radical (unpaired) electrons. The van der Waals surface area contributed by atoms with Crippen molar-refractivity contribution in [1.82, 2.24) is 15.2 Å². The zero-order valence-electron chi connectivity index (χ0n) is 25.6. The number of nitrogens with zero attached hydrogens (tertiary/aromatic N) is 3. The number of aromatic nitrogens is 3. The van der Waals surface area contributed by atoms with Gasteiger partial charge in [0, 0.05) is 34.7 Å². The molecule has 0 unspecified atom stereocenters. The number of ketones is 1. The minimum atomic E-state index is -0.157. The van der Waals surface area contributed by atoms with E-state index in [0.29, 0.717) is 42.4 Å². The summed E-state index contributed by atoms with van der Waals surface area (Å²) in [6.45, 7) is 2.43. The number of anilines is 1. The summed E-state index contributed by atoms with van der Waals surface area (Å²) in [6.07, 6.45) is 3.67. The second kappa shape index (κ2) is 13.5. The van der Waals surface area contributed by atoms with Crippen LogP contribution >= 0.6 is 11.3 Å². The molecule has 7 nitrogen and oxygen atoms in total. The van der Waals surface area contributed by atoms with E-state index in [2.05, 4.69) is 32.6 Å². The van der Waals surface area contributed by atoms with Gasteiger partial charge in [-0.25, -0.2) is 4.98 Å². The Morgan fingerprint density at radius 3 is 2.39 bits per heavy atom. The van der Waals surface area contributed by atoms with E-state index in [9.17, 15) is 4.79 Å². The molecule has 0 aliphatic heterocycles. The lowest BCUT2D eigenvalue weighted by atomic mass is 10.00. The van der Waals surface area contributed by atoms with Gasteiger partial charge < -0.3 is 14.5 Å². The molecular formula is C38H34N4O3S. The number of rotatable bonds is 13. The van der Waals surface area contributed by atoms with Crippen molar-refractivity contribution in [2.45, 2.75) is 44.6 Å². The van der Waals surface area contributed by atoms with Gasteiger partial charge in [0.2, 0.25) is 5.89 Å². The molecule has 1 fully saturated rings. The Balaban J connectivity index is 1.04. The van der Waals surface area contributed by atoms with Crippen molar-refractivity contribution in [3.05, 3.63) is 147 Å². The summed E-state index contributed by atoms with van der Waals surface area (Å²) in [5.41, 5.74) is 5.06. The standard InChI is InChI=1S/C38H34N4O3S/c1-25-32(40-36(45-25)28-12-6-3-7-13-28)22-23-44-30-20-16-26(17-21-30)24-34(38-42-41-37(46-38)29-18-19-29)39-33-15-9-8-14-31(33)35(43)27-10-4-2-5-11-27/h2-17,20-21,29,34,39H,18-19,22-24H2,1H3/t34-/m0/s1. The van der Waals surface area contributed by atoms with Crippen molar-refractivity contribution in [1.29, 1.82) is 0 Å². The van der Waals surface area contributed by atoms with Crippen LogP contribution in [0, 0.1) is 6.92 Å². The number of oxazole rings is 1. The van der Waals surface area contributed by atoms with Gasteiger partial charge in [-0.2, -0.15) is 0 Å². The SMILES string of the molecule is Cc1oc(-c2ccccc2)nc1CCOc1ccc(C[C@H](Nc2ccccc2C(=O)c2ccccc2)c2nnc(C3CC3)s2)cc1. The summed E-state index contributed by atoms with van der Waals surface area (Å²) in [7, 11) is 0. The molecule has 46 heavy (non-hydrogen) atoms. The Bertz CT molecular complexity index is 1920. The Labute approximate surface area is 272 Å². The number of hydrogen-bond donors (Lipinski definition) is 1. The van der Waals surface area contributed by atoms with Gasteiger partial charge in [-0.05, 0) is 68.1 Å². The lowest BCUT2D eigenvalue weighted by Gasteiger charge is -2.20. The summed E-state index contributed by atoms with van der Waals surface area (Å²) in [5.74, 6) is 2.75. The molecule has 1 aliphatic carbocycles. The Morgan fingerprint density at radius 2 is 1.63 bits per heavy atom. The molecule has 8 heteroatoms. The zero-order chi connectivity index (χ0) is 31.3. The van der Waals surface area contributed by atoms with Crippen LogP contribution in [-0.4, -0.2) is 27.6 Å². The molecule has 1 aliphatic rings. The third-order valence-corrected chi connectivity index (χ3v) is 9.30. The quantitative estimate of drug-likeness (QED) is 0.128. The molecule has 230 valence electrons. The summed E-state index contributed by atoms with van der Waals surface area (Å²) < 4.78 is 12.0. The van der Waals surface area contributed by atoms with Crippen LogP contribution in [0.15, 0.2) is 114 Å². The van der Waals surface area contributed by atoms with Gasteiger partial charge in [-0.1, -0.05) is 84.1 Å². The Kier molecular flexibility index (Phi) is 8.69. The minimum Gasteiger partial charge on any atom is -0.493 e. The molecule has 1 atom stereocenters. The van der Waals surface area contributed by atoms with Crippen molar-refractivity contribution >= 4 is 22.8 Å². The number of hydrogen-bond acceptors (Lipinski definition) is 8. The summed E-state index contributed by atoms with van der Waals surface area (Å²) in [6, 6.07) is 35.0. The van der Waals surface area contributed by atoms with Crippen LogP contribution in [0.3, 0.4) is 0 Å². The van der Waals surface area contributed by atoms with E-state index < -0.39 is 0 Å². The molecule has 0 amide bonds. The topological polar surface area (TPSA) is 90.1 Å². The first-order chi connectivity index (χ1) is 22.6. The Hall–Kier alpha value is -5.08. The van der Waals surface area contributed by atoms with Gasteiger partial charge in [-0.15, -0.1) is 10.2 Å². The second-order valence-electron chi connectivity index (χ2n) is 11.5. The fourth-order valence-electron chi connectivity index (χ4n) is 5.41. The van der Waals surface area contributed by atoms with Gasteiger partial charge in [0.15, 0.2) is 5.78 Å². The predicted molar refractivity (Wildman–Crippen MR) is 181 cm³/mol. The number of ether oxygens (including phenoxy) is 1. The fraction of sp³-hybridized carbons (Fsp3) is 0.211. The van der Waals surface area contributed by atoms with E-state index in [4.69, 9.17) is 9.15 Å². The molecule has 2 heterocycles. The van der Waals surface area contributed by atoms with Crippen molar-refractivity contribution in [2.75, 3.05) is 11.9 Å². The summed E-state index contributed by atoms with van der Waals surface area (Å²) in [4.78, 5) is 18.1. The van der Waals surface area contributed by atoms with Gasteiger partial charge in [0.05, 0.1) is 18.3 Å². The number of benzene rings is 4. The first-order valence-corrected chi connectivity index (χ1v) is 16.4. The normalized spacial score (nSPS) is 13.3. The molecule has 0 bridgehead atoms. The van der Waals surface area contributed by atoms with E-state index in [1.807, 2.05) is 104 Å². The third-order valence-electron chi connectivity index (χ3n) is 8.10. The molecule has 6 aromatic rings. The number of carbonyl (C=O) groups is 1. The lowest BCUT2D eigenvalue weighted by molar-refractivity contribution is 0.103. The molecule has 4 aromatic carbocycles. The van der Waals surface area contributed by atoms with E-state index in [-0.39, 0.29) is 11.8 Å². The maximum atomic E-state index is 13.5. The summed E-state index contributed by atoms with van der Waals surface area (Å²) in [5, 5.41) is 14.8. The van der Waals surface area contributed by atoms with Crippen LogP contribution in [0.4, 0.5) is 5.69 Å². The van der Waals surface area contributed by atoms with Crippen molar-refractivity contribution in [3.63, 3.8) is 0 Å². The van der Waals surface area contributed by atoms with Crippen LogP contribution in [0.1, 0.15) is 67.8 Å². The average molecular weight is 627 g/mol. The maximum Gasteiger partial charge on any atom is 0.226 e.